The third kappa shape index (κ3) is 12.2. The monoisotopic (exact) mass is 500 g/mol. The molecule has 0 atom stereocenters. The molecule has 0 bridgehead atoms. The molecular weight excluding hydrogens is 463 g/mol. The van der Waals surface area contributed by atoms with E-state index < -0.39 is 10.1 Å². The Bertz CT molecular complexity index is 915. The van der Waals surface area contributed by atoms with Crippen molar-refractivity contribution in [1.29, 1.82) is 0 Å². The fraction of sp³-hybridized carbons (Fsp3) is 0.538. The molecule has 0 heterocycles. The summed E-state index contributed by atoms with van der Waals surface area (Å²) in [4.78, 5) is -0.273. The van der Waals surface area contributed by atoms with E-state index in [1.54, 1.807) is 18.2 Å². The molecule has 2 aromatic rings. The molecule has 0 saturated heterocycles. The normalized spacial score (nSPS) is 11.2. The zero-order chi connectivity index (χ0) is 23.2. The molecule has 0 spiro atoms. The topological polar surface area (TPSA) is 86.7 Å². The van der Waals surface area contributed by atoms with Crippen molar-refractivity contribution in [2.24, 2.45) is 0 Å². The number of benzene rings is 2. The number of rotatable bonds is 16. The van der Waals surface area contributed by atoms with E-state index in [9.17, 15) is 18.1 Å². The Labute approximate surface area is 242 Å². The molecule has 0 aliphatic rings. The van der Waals surface area contributed by atoms with Gasteiger partial charge in [0.25, 0.3) is 10.1 Å². The first-order valence-electron chi connectivity index (χ1n) is 12.0. The van der Waals surface area contributed by atoms with E-state index in [1.165, 1.54) is 76.0 Å². The van der Waals surface area contributed by atoms with Crippen LogP contribution in [0.15, 0.2) is 47.4 Å². The van der Waals surface area contributed by atoms with E-state index in [2.05, 4.69) is 6.92 Å². The quantitative estimate of drug-likeness (QED) is 0.213. The first-order chi connectivity index (χ1) is 15.4. The van der Waals surface area contributed by atoms with Gasteiger partial charge in [0, 0.05) is 0 Å². The summed E-state index contributed by atoms with van der Waals surface area (Å²) < 4.78 is 39.1. The van der Waals surface area contributed by atoms with E-state index in [0.29, 0.717) is 12.0 Å². The number of ether oxygens (including phenoxy) is 1. The molecule has 0 aromatic heterocycles. The van der Waals surface area contributed by atoms with Crippen LogP contribution in [-0.2, 0) is 16.5 Å². The Morgan fingerprint density at radius 2 is 1.36 bits per heavy atom. The van der Waals surface area contributed by atoms with Crippen LogP contribution in [-0.4, -0.2) is 13.0 Å². The average Bonchev–Trinajstić information content (AvgIpc) is 2.74. The van der Waals surface area contributed by atoms with E-state index in [4.69, 9.17) is 4.74 Å². The Kier molecular flexibility index (Phi) is 15.9. The van der Waals surface area contributed by atoms with Gasteiger partial charge in [0.1, 0.15) is 10.6 Å². The number of para-hydroxylation sites is 1. The minimum Gasteiger partial charge on any atom is -0.872 e. The fourth-order valence-corrected chi connectivity index (χ4v) is 4.55. The van der Waals surface area contributed by atoms with Crippen LogP contribution in [0.25, 0.3) is 0 Å². The van der Waals surface area contributed by atoms with Crippen LogP contribution < -0.4 is 61.2 Å². The predicted octanol–water partition coefficient (Wildman–Crippen LogP) is 4.05. The van der Waals surface area contributed by atoms with Gasteiger partial charge in [0.2, 0.25) is 0 Å². The maximum atomic E-state index is 11.9. The van der Waals surface area contributed by atoms with Crippen LogP contribution >= 0.6 is 0 Å². The van der Waals surface area contributed by atoms with Gasteiger partial charge >= 0.3 is 51.4 Å². The van der Waals surface area contributed by atoms with Gasteiger partial charge in [-0.2, -0.15) is 8.42 Å². The molecule has 0 unspecified atom stereocenters. The van der Waals surface area contributed by atoms with Gasteiger partial charge in [0.15, 0.2) is 5.75 Å². The third-order valence-electron chi connectivity index (χ3n) is 5.66. The second kappa shape index (κ2) is 17.1. The van der Waals surface area contributed by atoms with Gasteiger partial charge in [-0.1, -0.05) is 102 Å². The van der Waals surface area contributed by atoms with Crippen LogP contribution in [0.5, 0.6) is 17.2 Å². The van der Waals surface area contributed by atoms with Crippen molar-refractivity contribution >= 4 is 10.1 Å². The summed E-state index contributed by atoms with van der Waals surface area (Å²) in [6, 6.07) is 10.6. The summed E-state index contributed by atoms with van der Waals surface area (Å²) in [5.41, 5.74) is 0.712. The molecule has 33 heavy (non-hydrogen) atoms. The molecule has 5 nitrogen and oxygen atoms in total. The molecule has 0 fully saturated rings. The van der Waals surface area contributed by atoms with Crippen molar-refractivity contribution in [1.82, 2.24) is 0 Å². The average molecular weight is 501 g/mol. The summed E-state index contributed by atoms with van der Waals surface area (Å²) >= 11 is 0. The minimum absolute atomic E-state index is 0. The fourth-order valence-electron chi connectivity index (χ4n) is 3.89. The standard InChI is InChI=1S/C26H38O5S.K/c1-2-3-4-5-6-7-8-9-10-11-12-13-16-22-17-14-20-25(32(28,29)30)26(22)31-24-19-15-18-23(27)21-24;/h14-15,17-21,27H,2-13,16H2,1H3,(H,28,29,30);/q;+1/p-1. The van der Waals surface area contributed by atoms with Crippen molar-refractivity contribution in [3.05, 3.63) is 48.0 Å². The Balaban J connectivity index is 0.00000544. The van der Waals surface area contributed by atoms with Crippen molar-refractivity contribution < 1.29 is 74.2 Å². The van der Waals surface area contributed by atoms with Crippen molar-refractivity contribution in [3.63, 3.8) is 0 Å². The number of hydrogen-bond acceptors (Lipinski definition) is 4. The van der Waals surface area contributed by atoms with Gasteiger partial charge < -0.3 is 9.84 Å². The SMILES string of the molecule is CCCCCCCCCCCCCCc1cccc(S(=O)(=O)O)c1Oc1cccc([O-])c1.[K+]. The number of unbranched alkanes of at least 4 members (excludes halogenated alkanes) is 11. The van der Waals surface area contributed by atoms with Crippen molar-refractivity contribution in [2.75, 3.05) is 0 Å². The smallest absolute Gasteiger partial charge is 0.872 e. The molecular formula is C26H37KO5S. The molecule has 0 amide bonds. The van der Waals surface area contributed by atoms with E-state index in [-0.39, 0.29) is 73.5 Å². The first-order valence-corrected chi connectivity index (χ1v) is 13.4. The van der Waals surface area contributed by atoms with Crippen LogP contribution in [0.3, 0.4) is 0 Å². The zero-order valence-electron chi connectivity index (χ0n) is 20.2. The second-order valence-electron chi connectivity index (χ2n) is 8.44. The van der Waals surface area contributed by atoms with Crippen LogP contribution in [0.2, 0.25) is 0 Å². The van der Waals surface area contributed by atoms with Crippen LogP contribution in [0.1, 0.15) is 89.5 Å². The third-order valence-corrected chi connectivity index (χ3v) is 6.54. The van der Waals surface area contributed by atoms with Gasteiger partial charge in [-0.05, 0) is 36.6 Å². The molecule has 0 aliphatic carbocycles. The first kappa shape index (κ1) is 30.6. The minimum atomic E-state index is -4.45. The molecule has 7 heteroatoms. The number of hydrogen-bond donors (Lipinski definition) is 1. The summed E-state index contributed by atoms with van der Waals surface area (Å²) in [5.74, 6) is 0.127. The summed E-state index contributed by atoms with van der Waals surface area (Å²) in [6.07, 6.45) is 15.6. The Morgan fingerprint density at radius 1 is 0.818 bits per heavy atom. The predicted molar refractivity (Wildman–Crippen MR) is 127 cm³/mol. The molecule has 0 saturated carbocycles. The Hall–Kier alpha value is -0.414. The summed E-state index contributed by atoms with van der Waals surface area (Å²) in [5, 5.41) is 11.6. The maximum Gasteiger partial charge on any atom is 1.00 e. The summed E-state index contributed by atoms with van der Waals surface area (Å²) in [6.45, 7) is 2.24. The van der Waals surface area contributed by atoms with Gasteiger partial charge in [0.05, 0.1) is 0 Å². The Morgan fingerprint density at radius 3 is 1.91 bits per heavy atom. The van der Waals surface area contributed by atoms with Crippen molar-refractivity contribution in [3.8, 4) is 17.2 Å². The molecule has 0 aliphatic heterocycles. The van der Waals surface area contributed by atoms with Gasteiger partial charge in [-0.3, -0.25) is 4.55 Å². The molecule has 2 aromatic carbocycles. The van der Waals surface area contributed by atoms with Gasteiger partial charge in [-0.15, -0.1) is 5.75 Å². The number of aryl methyl sites for hydroxylation is 1. The molecule has 178 valence electrons. The maximum absolute atomic E-state index is 11.9. The van der Waals surface area contributed by atoms with E-state index in [0.717, 1.165) is 19.3 Å². The second-order valence-corrected chi connectivity index (χ2v) is 9.83. The summed E-state index contributed by atoms with van der Waals surface area (Å²) in [7, 11) is -4.45. The largest absolute Gasteiger partial charge is 1.00 e. The van der Waals surface area contributed by atoms with Crippen LogP contribution in [0.4, 0.5) is 0 Å². The van der Waals surface area contributed by atoms with Crippen LogP contribution in [0, 0.1) is 0 Å². The molecule has 2 rings (SSSR count). The van der Waals surface area contributed by atoms with Gasteiger partial charge in [-0.25, -0.2) is 0 Å². The van der Waals surface area contributed by atoms with Crippen molar-refractivity contribution in [2.45, 2.75) is 95.3 Å². The van der Waals surface area contributed by atoms with E-state index >= 15 is 0 Å². The molecule has 0 radical (unpaired) electrons. The molecule has 1 N–H and O–H groups in total. The van der Waals surface area contributed by atoms with E-state index in [1.807, 2.05) is 6.07 Å². The zero-order valence-corrected chi connectivity index (χ0v) is 24.2.